The number of fused-ring (bicyclic) bond motifs is 5. The van der Waals surface area contributed by atoms with Crippen molar-refractivity contribution in [3.63, 3.8) is 0 Å². The van der Waals surface area contributed by atoms with Gasteiger partial charge < -0.3 is 26.6 Å². The van der Waals surface area contributed by atoms with Crippen molar-refractivity contribution in [1.82, 2.24) is 30.2 Å². The van der Waals surface area contributed by atoms with E-state index < -0.39 is 0 Å². The number of aromatic nitrogens is 5. The average molecular weight is 1780 g/mol. The molecule has 127 heavy (non-hydrogen) atoms. The molecule has 5 aliphatic carbocycles. The molecule has 16 heteroatoms. The normalized spacial score (nSPS) is 16.6. The zero-order valence-corrected chi connectivity index (χ0v) is 82.3. The van der Waals surface area contributed by atoms with E-state index in [4.69, 9.17) is 24.9 Å². The molecule has 5 aromatic heterocycles. The van der Waals surface area contributed by atoms with Gasteiger partial charge in [0.15, 0.2) is 25.7 Å². The van der Waals surface area contributed by atoms with Crippen LogP contribution in [0, 0.1) is 122 Å². The van der Waals surface area contributed by atoms with E-state index in [0.29, 0.717) is 17.6 Å². The standard InChI is InChI=1S/C26H30N2S.C23H22N2S.C22H26N2S.C20H25N3S.C20H24N2S/c1-15-7-16(2)23(17(3)8-15)21-5-4-6-22-24(21)27-25(29-22)28-26-12-18-9-19(13-26)11-20(10-18)14-26;1-15-12-16(2)21(17(3)13-15)19-10-7-11-20-22(19)25-23(26-20)24-14-18-8-5-4-6-9-18;1-14-12-15(2)20(16(3)13-14)18-10-7-11-19-21(18)24-22(25-19)23-17-8-5-4-6-9-17;1-12(2)21-11-22-20-23-19-16(7-6-8-17(19)24-20)18-14(4)9-13(3)10-15(18)5;1-12-10-13(2)17(14(3)11-12)15-8-7-9-16-18(15)21-19(23-16)22-20(4,5)6/h4-8,18-20H,9-14H2,1-3H3,(H,27,28);4-13H,14H2,1-3H3,(H,24,25);7,10-13,17H,4-6,8-9H2,1-3H3,(H,23,24);6-10,12,21H,11H2,1-5H3,(H,22,23);7-11H,1-6H3,(H,21,22). The van der Waals surface area contributed by atoms with Crippen molar-refractivity contribution in [2.45, 2.75) is 239 Å². The van der Waals surface area contributed by atoms with E-state index in [9.17, 15) is 0 Å². The van der Waals surface area contributed by atoms with Crippen LogP contribution in [0.1, 0.15) is 194 Å². The number of nitrogens with zero attached hydrogens (tertiary/aromatic N) is 5. The first-order valence-corrected chi connectivity index (χ1v) is 50.0. The van der Waals surface area contributed by atoms with E-state index in [1.54, 1.807) is 45.3 Å². The SMILES string of the molecule is Cc1cc(C)c(-c2cccc3sc(NC(C)(C)C)nc23)c(C)c1.Cc1cc(C)c(-c2cccc3sc(NC45CC6CC(CC(C6)C4)C5)nc23)c(C)c1.Cc1cc(C)c(-c2cccc3sc(NC4CCCCC4)nc23)c(C)c1.Cc1cc(C)c(-c2cccc3sc(NCNC(C)C)nc23)c(C)c1.Cc1cc(C)c(-c2cccc3sc(NCc4ccccc4)nc23)c(C)c1. The van der Waals surface area contributed by atoms with Crippen LogP contribution in [-0.4, -0.2) is 54.8 Å². The zero-order chi connectivity index (χ0) is 89.3. The van der Waals surface area contributed by atoms with Gasteiger partial charge in [-0.3, -0.25) is 5.32 Å². The third-order valence-corrected chi connectivity index (χ3v) is 30.5. The Balaban J connectivity index is 0.000000117. The fraction of sp³-hybridized carbons (Fsp3) is 0.360. The molecule has 0 saturated heterocycles. The summed E-state index contributed by atoms with van der Waals surface area (Å²) in [6.45, 7) is 45.1. The number of para-hydroxylation sites is 5. The lowest BCUT2D eigenvalue weighted by atomic mass is 9.53. The van der Waals surface area contributed by atoms with E-state index >= 15 is 0 Å². The molecular weight excluding hydrogens is 1650 g/mol. The van der Waals surface area contributed by atoms with E-state index in [-0.39, 0.29) is 5.54 Å². The highest BCUT2D eigenvalue weighted by Gasteiger charge is 2.51. The highest BCUT2D eigenvalue weighted by Crippen LogP contribution is 2.57. The topological polar surface area (TPSA) is 137 Å². The van der Waals surface area contributed by atoms with Crippen LogP contribution in [0.2, 0.25) is 0 Å². The molecule has 656 valence electrons. The molecule has 16 aromatic rings. The van der Waals surface area contributed by atoms with Gasteiger partial charge in [0.2, 0.25) is 0 Å². The minimum atomic E-state index is 0.0176. The van der Waals surface area contributed by atoms with Crippen molar-refractivity contribution >= 4 is 133 Å². The summed E-state index contributed by atoms with van der Waals surface area (Å²) in [6.07, 6.45) is 15.1. The van der Waals surface area contributed by atoms with Crippen LogP contribution in [0.4, 0.5) is 25.7 Å². The van der Waals surface area contributed by atoms with Crippen molar-refractivity contribution in [2.75, 3.05) is 33.3 Å². The minimum absolute atomic E-state index is 0.0176. The third-order valence-electron chi connectivity index (χ3n) is 25.7. The van der Waals surface area contributed by atoms with Crippen LogP contribution < -0.4 is 31.9 Å². The molecule has 0 aliphatic heterocycles. The fourth-order valence-corrected chi connectivity index (χ4v) is 26.3. The molecule has 5 heterocycles. The largest absolute Gasteiger partial charge is 0.359 e. The lowest BCUT2D eigenvalue weighted by Crippen LogP contribution is -2.54. The highest BCUT2D eigenvalue weighted by atomic mass is 32.1. The quantitative estimate of drug-likeness (QED) is 0.0486. The Morgan fingerprint density at radius 1 is 0.346 bits per heavy atom. The Morgan fingerprint density at radius 3 is 0.984 bits per heavy atom. The zero-order valence-electron chi connectivity index (χ0n) is 78.2. The first-order chi connectivity index (χ1) is 60.9. The monoisotopic (exact) mass is 1770 g/mol. The molecule has 0 radical (unpaired) electrons. The summed E-state index contributed by atoms with van der Waals surface area (Å²) in [4.78, 5) is 24.8. The van der Waals surface area contributed by atoms with Gasteiger partial charge in [0.1, 0.15) is 0 Å². The van der Waals surface area contributed by atoms with E-state index in [1.165, 1.54) is 244 Å². The molecule has 11 nitrogen and oxygen atoms in total. The maximum Gasteiger partial charge on any atom is 0.184 e. The van der Waals surface area contributed by atoms with Crippen molar-refractivity contribution in [3.05, 3.63) is 271 Å². The number of thiazole rings is 5. The summed E-state index contributed by atoms with van der Waals surface area (Å²) >= 11 is 8.79. The Hall–Kier alpha value is -10.2. The molecule has 6 N–H and O–H groups in total. The van der Waals surface area contributed by atoms with Crippen LogP contribution in [-0.2, 0) is 6.54 Å². The van der Waals surface area contributed by atoms with Crippen LogP contribution >= 0.6 is 56.7 Å². The Morgan fingerprint density at radius 2 is 0.646 bits per heavy atom. The number of hydrogen-bond acceptors (Lipinski definition) is 16. The lowest BCUT2D eigenvalue weighted by molar-refractivity contribution is 0.0107. The fourth-order valence-electron chi connectivity index (χ4n) is 21.4. The molecule has 0 atom stereocenters. The molecule has 4 bridgehead atoms. The van der Waals surface area contributed by atoms with Crippen LogP contribution in [0.25, 0.3) is 107 Å². The van der Waals surface area contributed by atoms with Gasteiger partial charge in [-0.25, -0.2) is 24.9 Å². The number of benzene rings is 11. The Bertz CT molecular complexity index is 6510. The van der Waals surface area contributed by atoms with Gasteiger partial charge in [0.25, 0.3) is 0 Å². The second-order valence-corrected chi connectivity index (χ2v) is 43.6. The predicted octanol–water partition coefficient (Wildman–Crippen LogP) is 31.8. The molecule has 5 aliphatic rings. The van der Waals surface area contributed by atoms with Crippen molar-refractivity contribution < 1.29 is 0 Å². The van der Waals surface area contributed by atoms with Gasteiger partial charge in [-0.05, 0) is 327 Å². The molecule has 0 unspecified atom stereocenters. The summed E-state index contributed by atoms with van der Waals surface area (Å²) in [6, 6.07) is 66.8. The minimum Gasteiger partial charge on any atom is -0.359 e. The number of aryl methyl sites for hydroxylation is 15. The van der Waals surface area contributed by atoms with Gasteiger partial charge in [0, 0.05) is 57.5 Å². The van der Waals surface area contributed by atoms with E-state index in [1.807, 2.05) is 17.4 Å². The Labute approximate surface area is 774 Å². The van der Waals surface area contributed by atoms with Gasteiger partial charge in [-0.1, -0.05) is 255 Å². The third kappa shape index (κ3) is 20.9. The van der Waals surface area contributed by atoms with Crippen LogP contribution in [0.3, 0.4) is 0 Å². The summed E-state index contributed by atoms with van der Waals surface area (Å²) < 4.78 is 6.24. The smallest absolute Gasteiger partial charge is 0.184 e. The first-order valence-electron chi connectivity index (χ1n) is 45.9. The summed E-state index contributed by atoms with van der Waals surface area (Å²) in [5.41, 5.74) is 39.8. The molecule has 11 aromatic carbocycles. The van der Waals surface area contributed by atoms with Crippen molar-refractivity contribution in [1.29, 1.82) is 0 Å². The van der Waals surface area contributed by atoms with Gasteiger partial charge >= 0.3 is 0 Å². The number of anilines is 5. The second kappa shape index (κ2) is 38.6. The van der Waals surface area contributed by atoms with Crippen LogP contribution in [0.5, 0.6) is 0 Å². The predicted molar refractivity (Wildman–Crippen MR) is 555 cm³/mol. The molecule has 0 amide bonds. The molecule has 5 fully saturated rings. The van der Waals surface area contributed by atoms with E-state index in [2.05, 4.69) is 346 Å². The molecule has 0 spiro atoms. The summed E-state index contributed by atoms with van der Waals surface area (Å²) in [5, 5.41) is 26.5. The Kier molecular flexibility index (Phi) is 27.4. The average Bonchev–Trinajstić information content (AvgIpc) is 1.56. The highest BCUT2D eigenvalue weighted by molar-refractivity contribution is 7.23. The van der Waals surface area contributed by atoms with Gasteiger partial charge in [0.05, 0.1) is 57.8 Å². The van der Waals surface area contributed by atoms with Gasteiger partial charge in [-0.15, -0.1) is 0 Å². The van der Waals surface area contributed by atoms with Gasteiger partial charge in [-0.2, -0.15) is 0 Å². The summed E-state index contributed by atoms with van der Waals surface area (Å²) in [5.74, 6) is 2.87. The molecular formula is C111H127N11S5. The number of nitrogens with one attached hydrogen (secondary N) is 6. The maximum atomic E-state index is 5.18. The van der Waals surface area contributed by atoms with Crippen LogP contribution in [0.15, 0.2) is 182 Å². The molecule has 21 rings (SSSR count). The van der Waals surface area contributed by atoms with Crippen molar-refractivity contribution in [3.8, 4) is 55.6 Å². The number of rotatable bonds is 17. The van der Waals surface area contributed by atoms with Crippen molar-refractivity contribution in [2.24, 2.45) is 17.8 Å². The second-order valence-electron chi connectivity index (χ2n) is 38.5. The maximum absolute atomic E-state index is 5.18. The van der Waals surface area contributed by atoms with E-state index in [0.717, 1.165) is 78.7 Å². The first kappa shape index (κ1) is 90.2. The lowest BCUT2D eigenvalue weighted by Gasteiger charge is -2.56. The number of hydrogen-bond donors (Lipinski definition) is 6. The summed E-state index contributed by atoms with van der Waals surface area (Å²) in [7, 11) is 0. The molecule has 5 saturated carbocycles.